The van der Waals surface area contributed by atoms with Gasteiger partial charge in [0.1, 0.15) is 0 Å². The molecule has 2 amide bonds. The number of pyridine rings is 1. The standard InChI is InChI=1S/C24H24F2N4O2/c1-24(25,26)19-10-6-9-17(11-19)18-12-20(22(29-14-18)23(32)27-2)30-21(31)15-28-13-16-7-4-3-5-8-16/h3-12,14,28H,13,15H2,1-2H3,(H,27,32)(H,30,31). The Hall–Kier alpha value is -3.65. The Morgan fingerprint density at radius 2 is 1.75 bits per heavy atom. The van der Waals surface area contributed by atoms with Crippen LogP contribution >= 0.6 is 0 Å². The van der Waals surface area contributed by atoms with Crippen LogP contribution in [0.15, 0.2) is 66.9 Å². The molecular weight excluding hydrogens is 414 g/mol. The third-order valence-electron chi connectivity index (χ3n) is 4.76. The number of hydrogen-bond donors (Lipinski definition) is 3. The van der Waals surface area contributed by atoms with E-state index < -0.39 is 11.8 Å². The zero-order valence-electron chi connectivity index (χ0n) is 17.8. The van der Waals surface area contributed by atoms with E-state index in [1.807, 2.05) is 30.3 Å². The molecular formula is C24H24F2N4O2. The van der Waals surface area contributed by atoms with Gasteiger partial charge in [-0.1, -0.05) is 48.5 Å². The van der Waals surface area contributed by atoms with Crippen molar-refractivity contribution in [3.63, 3.8) is 0 Å². The first kappa shape index (κ1) is 23.0. The van der Waals surface area contributed by atoms with Crippen LogP contribution in [0.3, 0.4) is 0 Å². The van der Waals surface area contributed by atoms with Crippen LogP contribution in [-0.4, -0.2) is 30.4 Å². The van der Waals surface area contributed by atoms with Gasteiger partial charge in [0.05, 0.1) is 12.2 Å². The molecule has 3 rings (SSSR count). The average Bonchev–Trinajstić information content (AvgIpc) is 2.79. The summed E-state index contributed by atoms with van der Waals surface area (Å²) in [6.07, 6.45) is 1.42. The first-order valence-corrected chi connectivity index (χ1v) is 10.0. The number of benzene rings is 2. The molecule has 0 spiro atoms. The smallest absolute Gasteiger partial charge is 0.271 e. The molecule has 6 nitrogen and oxygen atoms in total. The van der Waals surface area contributed by atoms with Crippen molar-refractivity contribution >= 4 is 17.5 Å². The van der Waals surface area contributed by atoms with E-state index in [9.17, 15) is 18.4 Å². The number of anilines is 1. The fraction of sp³-hybridized carbons (Fsp3) is 0.208. The first-order valence-electron chi connectivity index (χ1n) is 10.0. The van der Waals surface area contributed by atoms with Gasteiger partial charge in [0.25, 0.3) is 11.8 Å². The lowest BCUT2D eigenvalue weighted by Gasteiger charge is -2.14. The lowest BCUT2D eigenvalue weighted by atomic mass is 10.0. The van der Waals surface area contributed by atoms with Gasteiger partial charge in [-0.2, -0.15) is 0 Å². The maximum absolute atomic E-state index is 13.7. The lowest BCUT2D eigenvalue weighted by Crippen LogP contribution is -2.29. The van der Waals surface area contributed by atoms with E-state index in [2.05, 4.69) is 20.9 Å². The van der Waals surface area contributed by atoms with Gasteiger partial charge in [-0.05, 0) is 23.3 Å². The minimum Gasteiger partial charge on any atom is -0.354 e. The van der Waals surface area contributed by atoms with Gasteiger partial charge in [-0.25, -0.2) is 13.8 Å². The van der Waals surface area contributed by atoms with Crippen molar-refractivity contribution in [1.82, 2.24) is 15.6 Å². The highest BCUT2D eigenvalue weighted by Crippen LogP contribution is 2.31. The second kappa shape index (κ2) is 10.1. The van der Waals surface area contributed by atoms with E-state index >= 15 is 0 Å². The molecule has 1 aromatic heterocycles. The third kappa shape index (κ3) is 5.95. The molecule has 0 aliphatic rings. The number of nitrogens with zero attached hydrogens (tertiary/aromatic N) is 1. The Balaban J connectivity index is 1.80. The van der Waals surface area contributed by atoms with Gasteiger partial charge in [-0.15, -0.1) is 0 Å². The highest BCUT2D eigenvalue weighted by Gasteiger charge is 2.24. The Morgan fingerprint density at radius 3 is 2.44 bits per heavy atom. The van der Waals surface area contributed by atoms with E-state index in [1.54, 1.807) is 12.1 Å². The topological polar surface area (TPSA) is 83.1 Å². The average molecular weight is 438 g/mol. The molecule has 1 heterocycles. The molecule has 0 unspecified atom stereocenters. The number of carbonyl (C=O) groups is 2. The highest BCUT2D eigenvalue weighted by atomic mass is 19.3. The van der Waals surface area contributed by atoms with Crippen molar-refractivity contribution in [3.05, 3.63) is 83.7 Å². The molecule has 0 saturated carbocycles. The number of carbonyl (C=O) groups excluding carboxylic acids is 2. The Kier molecular flexibility index (Phi) is 7.27. The van der Waals surface area contributed by atoms with Crippen molar-refractivity contribution in [2.75, 3.05) is 18.9 Å². The largest absolute Gasteiger partial charge is 0.354 e. The maximum Gasteiger partial charge on any atom is 0.271 e. The summed E-state index contributed by atoms with van der Waals surface area (Å²) < 4.78 is 27.5. The summed E-state index contributed by atoms with van der Waals surface area (Å²) in [7, 11) is 1.46. The minimum absolute atomic E-state index is 0.0177. The summed E-state index contributed by atoms with van der Waals surface area (Å²) in [5.41, 5.74) is 2.12. The van der Waals surface area contributed by atoms with Crippen molar-refractivity contribution in [2.45, 2.75) is 19.4 Å². The number of hydrogen-bond acceptors (Lipinski definition) is 4. The van der Waals surface area contributed by atoms with Gasteiger partial charge < -0.3 is 16.0 Å². The normalized spacial score (nSPS) is 11.1. The van der Waals surface area contributed by atoms with Crippen LogP contribution in [0, 0.1) is 0 Å². The summed E-state index contributed by atoms with van der Waals surface area (Å²) >= 11 is 0. The van der Waals surface area contributed by atoms with Crippen molar-refractivity contribution in [2.24, 2.45) is 0 Å². The summed E-state index contributed by atoms with van der Waals surface area (Å²) in [5, 5.41) is 8.21. The second-order valence-electron chi connectivity index (χ2n) is 7.31. The van der Waals surface area contributed by atoms with Gasteiger partial charge in [-0.3, -0.25) is 9.59 Å². The zero-order chi connectivity index (χ0) is 23.1. The molecule has 0 aliphatic carbocycles. The van der Waals surface area contributed by atoms with Crippen LogP contribution < -0.4 is 16.0 Å². The number of amides is 2. The fourth-order valence-corrected chi connectivity index (χ4v) is 3.10. The quantitative estimate of drug-likeness (QED) is 0.497. The molecule has 0 radical (unpaired) electrons. The van der Waals surface area contributed by atoms with Crippen LogP contribution in [0.25, 0.3) is 11.1 Å². The summed E-state index contributed by atoms with van der Waals surface area (Å²) in [6, 6.07) is 17.1. The maximum atomic E-state index is 13.7. The number of aromatic nitrogens is 1. The van der Waals surface area contributed by atoms with E-state index in [0.717, 1.165) is 12.5 Å². The minimum atomic E-state index is -2.99. The number of nitrogens with one attached hydrogen (secondary N) is 3. The first-order chi connectivity index (χ1) is 15.3. The fourth-order valence-electron chi connectivity index (χ4n) is 3.10. The Labute approximate surface area is 185 Å². The van der Waals surface area contributed by atoms with Gasteiger partial charge in [0, 0.05) is 37.8 Å². The summed E-state index contributed by atoms with van der Waals surface area (Å²) in [5.74, 6) is -3.83. The highest BCUT2D eigenvalue weighted by molar-refractivity contribution is 6.03. The van der Waals surface area contributed by atoms with Crippen LogP contribution in [0.4, 0.5) is 14.5 Å². The molecule has 3 N–H and O–H groups in total. The number of halogens is 2. The van der Waals surface area contributed by atoms with Gasteiger partial charge in [0.15, 0.2) is 5.69 Å². The molecule has 32 heavy (non-hydrogen) atoms. The summed E-state index contributed by atoms with van der Waals surface area (Å²) in [4.78, 5) is 28.8. The van der Waals surface area contributed by atoms with E-state index in [1.165, 1.54) is 31.4 Å². The molecule has 2 aromatic carbocycles. The predicted octanol–water partition coefficient (Wildman–Crippen LogP) is 3.95. The predicted molar refractivity (Wildman–Crippen MR) is 119 cm³/mol. The molecule has 0 atom stereocenters. The van der Waals surface area contributed by atoms with Crippen molar-refractivity contribution in [1.29, 1.82) is 0 Å². The molecule has 0 saturated heterocycles. The van der Waals surface area contributed by atoms with Crippen LogP contribution in [-0.2, 0) is 17.3 Å². The van der Waals surface area contributed by atoms with Crippen molar-refractivity contribution < 1.29 is 18.4 Å². The van der Waals surface area contributed by atoms with Crippen molar-refractivity contribution in [3.8, 4) is 11.1 Å². The zero-order valence-corrected chi connectivity index (χ0v) is 17.8. The van der Waals surface area contributed by atoms with Gasteiger partial charge >= 0.3 is 0 Å². The monoisotopic (exact) mass is 438 g/mol. The third-order valence-corrected chi connectivity index (χ3v) is 4.76. The molecule has 166 valence electrons. The molecule has 8 heteroatoms. The molecule has 0 aliphatic heterocycles. The Morgan fingerprint density at radius 1 is 1.00 bits per heavy atom. The van der Waals surface area contributed by atoms with Crippen LogP contribution in [0.5, 0.6) is 0 Å². The molecule has 0 bridgehead atoms. The Bertz CT molecular complexity index is 1100. The lowest BCUT2D eigenvalue weighted by molar-refractivity contribution is -0.115. The van der Waals surface area contributed by atoms with E-state index in [0.29, 0.717) is 17.7 Å². The van der Waals surface area contributed by atoms with E-state index in [4.69, 9.17) is 0 Å². The SMILES string of the molecule is CNC(=O)c1ncc(-c2cccc(C(C)(F)F)c2)cc1NC(=O)CNCc1ccccc1. The van der Waals surface area contributed by atoms with E-state index in [-0.39, 0.29) is 29.4 Å². The second-order valence-corrected chi connectivity index (χ2v) is 7.31. The van der Waals surface area contributed by atoms with Gasteiger partial charge in [0.2, 0.25) is 5.91 Å². The summed E-state index contributed by atoms with van der Waals surface area (Å²) in [6.45, 7) is 1.35. The molecule has 3 aromatic rings. The van der Waals surface area contributed by atoms with Crippen LogP contribution in [0.1, 0.15) is 28.5 Å². The number of rotatable bonds is 8. The van der Waals surface area contributed by atoms with Crippen LogP contribution in [0.2, 0.25) is 0 Å². The number of alkyl halides is 2. The molecule has 0 fully saturated rings.